The van der Waals surface area contributed by atoms with Gasteiger partial charge in [0.1, 0.15) is 5.82 Å². The van der Waals surface area contributed by atoms with Crippen molar-refractivity contribution < 1.29 is 9.13 Å². The molecule has 0 aliphatic heterocycles. The van der Waals surface area contributed by atoms with E-state index in [1.807, 2.05) is 13.8 Å². The minimum absolute atomic E-state index is 0.135. The zero-order valence-corrected chi connectivity index (χ0v) is 12.8. The molecule has 3 heteroatoms. The molecule has 1 fully saturated rings. The van der Waals surface area contributed by atoms with Crippen LogP contribution in [0.1, 0.15) is 50.3 Å². The van der Waals surface area contributed by atoms with Crippen LogP contribution in [-0.2, 0) is 4.74 Å². The zero-order chi connectivity index (χ0) is 14.5. The van der Waals surface area contributed by atoms with Gasteiger partial charge in [0.25, 0.3) is 0 Å². The van der Waals surface area contributed by atoms with Gasteiger partial charge in [0, 0.05) is 12.6 Å². The van der Waals surface area contributed by atoms with E-state index in [9.17, 15) is 4.39 Å². The molecule has 0 spiro atoms. The predicted octanol–water partition coefficient (Wildman–Crippen LogP) is 3.99. The van der Waals surface area contributed by atoms with Gasteiger partial charge in [-0.1, -0.05) is 13.0 Å². The number of nitrogens with one attached hydrogen (secondary N) is 1. The summed E-state index contributed by atoms with van der Waals surface area (Å²) in [7, 11) is 0. The monoisotopic (exact) mass is 279 g/mol. The third-order valence-corrected chi connectivity index (χ3v) is 4.08. The highest BCUT2D eigenvalue weighted by Crippen LogP contribution is 2.37. The van der Waals surface area contributed by atoms with Crippen molar-refractivity contribution in [3.05, 3.63) is 35.1 Å². The summed E-state index contributed by atoms with van der Waals surface area (Å²) in [6, 6.07) is 5.59. The van der Waals surface area contributed by atoms with Gasteiger partial charge in [-0.05, 0) is 68.8 Å². The topological polar surface area (TPSA) is 21.3 Å². The summed E-state index contributed by atoms with van der Waals surface area (Å²) in [6.07, 6.45) is 3.80. The molecule has 0 saturated heterocycles. The van der Waals surface area contributed by atoms with Crippen molar-refractivity contribution in [3.63, 3.8) is 0 Å². The van der Waals surface area contributed by atoms with Crippen LogP contribution in [0.4, 0.5) is 4.39 Å². The van der Waals surface area contributed by atoms with Crippen molar-refractivity contribution in [2.45, 2.75) is 52.2 Å². The van der Waals surface area contributed by atoms with Crippen molar-refractivity contribution in [2.75, 3.05) is 13.2 Å². The van der Waals surface area contributed by atoms with Crippen molar-refractivity contribution in [3.8, 4) is 0 Å². The SMILES string of the molecule is CCNC(CC1CC(OCC)C1)c1cc(C)cc(F)c1. The Hall–Kier alpha value is -0.930. The Labute approximate surface area is 121 Å². The molecule has 112 valence electrons. The Morgan fingerprint density at radius 2 is 2.05 bits per heavy atom. The summed E-state index contributed by atoms with van der Waals surface area (Å²) in [5.74, 6) is 0.558. The molecule has 1 unspecified atom stereocenters. The van der Waals surface area contributed by atoms with E-state index in [-0.39, 0.29) is 11.9 Å². The summed E-state index contributed by atoms with van der Waals surface area (Å²) in [5.41, 5.74) is 2.06. The Kier molecular flexibility index (Phi) is 5.55. The van der Waals surface area contributed by atoms with Crippen LogP contribution in [-0.4, -0.2) is 19.3 Å². The summed E-state index contributed by atoms with van der Waals surface area (Å²) in [6.45, 7) is 7.80. The van der Waals surface area contributed by atoms with Gasteiger partial charge in [-0.15, -0.1) is 0 Å². The number of hydrogen-bond acceptors (Lipinski definition) is 2. The maximum absolute atomic E-state index is 13.6. The Balaban J connectivity index is 1.97. The maximum atomic E-state index is 13.6. The highest BCUT2D eigenvalue weighted by Gasteiger charge is 2.31. The fraction of sp³-hybridized carbons (Fsp3) is 0.647. The van der Waals surface area contributed by atoms with E-state index in [0.29, 0.717) is 12.0 Å². The molecule has 2 rings (SSSR count). The summed E-state index contributed by atoms with van der Waals surface area (Å²) < 4.78 is 19.2. The lowest BCUT2D eigenvalue weighted by molar-refractivity contribution is -0.0291. The first-order valence-electron chi connectivity index (χ1n) is 7.74. The van der Waals surface area contributed by atoms with E-state index >= 15 is 0 Å². The molecule has 0 aromatic heterocycles. The lowest BCUT2D eigenvalue weighted by Crippen LogP contribution is -2.34. The predicted molar refractivity (Wildman–Crippen MR) is 80.3 cm³/mol. The molecular weight excluding hydrogens is 253 g/mol. The molecule has 1 aliphatic carbocycles. The van der Waals surface area contributed by atoms with Crippen molar-refractivity contribution in [2.24, 2.45) is 5.92 Å². The lowest BCUT2D eigenvalue weighted by Gasteiger charge is -2.37. The van der Waals surface area contributed by atoms with Crippen molar-refractivity contribution >= 4 is 0 Å². The molecule has 20 heavy (non-hydrogen) atoms. The van der Waals surface area contributed by atoms with E-state index in [2.05, 4.69) is 18.3 Å². The summed E-state index contributed by atoms with van der Waals surface area (Å²) in [4.78, 5) is 0. The Morgan fingerprint density at radius 3 is 2.65 bits per heavy atom. The summed E-state index contributed by atoms with van der Waals surface area (Å²) >= 11 is 0. The number of rotatable bonds is 7. The number of aryl methyl sites for hydroxylation is 1. The zero-order valence-electron chi connectivity index (χ0n) is 12.8. The quantitative estimate of drug-likeness (QED) is 0.815. The first kappa shape index (κ1) is 15.5. The van der Waals surface area contributed by atoms with E-state index in [1.165, 1.54) is 0 Å². The molecule has 1 aliphatic rings. The van der Waals surface area contributed by atoms with Crippen LogP contribution < -0.4 is 5.32 Å². The largest absolute Gasteiger partial charge is 0.378 e. The third kappa shape index (κ3) is 4.03. The van der Waals surface area contributed by atoms with Gasteiger partial charge in [0.05, 0.1) is 6.10 Å². The Bertz CT molecular complexity index is 409. The first-order chi connectivity index (χ1) is 9.62. The second-order valence-electron chi connectivity index (χ2n) is 5.82. The van der Waals surface area contributed by atoms with Crippen LogP contribution >= 0.6 is 0 Å². The molecule has 1 atom stereocenters. The number of ether oxygens (including phenoxy) is 1. The minimum atomic E-state index is -0.135. The highest BCUT2D eigenvalue weighted by atomic mass is 19.1. The molecule has 1 saturated carbocycles. The van der Waals surface area contributed by atoms with Crippen LogP contribution in [0, 0.1) is 18.7 Å². The smallest absolute Gasteiger partial charge is 0.123 e. The Morgan fingerprint density at radius 1 is 1.30 bits per heavy atom. The van der Waals surface area contributed by atoms with Crippen molar-refractivity contribution in [1.29, 1.82) is 0 Å². The highest BCUT2D eigenvalue weighted by molar-refractivity contribution is 5.26. The van der Waals surface area contributed by atoms with Crippen LogP contribution in [0.3, 0.4) is 0 Å². The summed E-state index contributed by atoms with van der Waals surface area (Å²) in [5, 5.41) is 3.49. The molecule has 1 aromatic rings. The number of benzene rings is 1. The van der Waals surface area contributed by atoms with Crippen LogP contribution in [0.2, 0.25) is 0 Å². The normalized spacial score (nSPS) is 23.4. The number of hydrogen-bond donors (Lipinski definition) is 1. The molecule has 2 nitrogen and oxygen atoms in total. The molecule has 0 bridgehead atoms. The van der Waals surface area contributed by atoms with Gasteiger partial charge in [-0.25, -0.2) is 4.39 Å². The van der Waals surface area contributed by atoms with Crippen LogP contribution in [0.15, 0.2) is 18.2 Å². The molecule has 0 amide bonds. The van der Waals surface area contributed by atoms with Gasteiger partial charge < -0.3 is 10.1 Å². The molecule has 0 heterocycles. The second kappa shape index (κ2) is 7.19. The fourth-order valence-electron chi connectivity index (χ4n) is 3.12. The van der Waals surface area contributed by atoms with Crippen LogP contribution in [0.5, 0.6) is 0 Å². The van der Waals surface area contributed by atoms with E-state index in [0.717, 1.165) is 43.5 Å². The molecule has 0 radical (unpaired) electrons. The van der Waals surface area contributed by atoms with Crippen LogP contribution in [0.25, 0.3) is 0 Å². The molecule has 1 aromatic carbocycles. The van der Waals surface area contributed by atoms with E-state index in [1.54, 1.807) is 12.1 Å². The average molecular weight is 279 g/mol. The van der Waals surface area contributed by atoms with Gasteiger partial charge in [0.15, 0.2) is 0 Å². The molecule has 1 N–H and O–H groups in total. The van der Waals surface area contributed by atoms with E-state index < -0.39 is 0 Å². The fourth-order valence-corrected chi connectivity index (χ4v) is 3.12. The average Bonchev–Trinajstić information content (AvgIpc) is 2.34. The van der Waals surface area contributed by atoms with Crippen molar-refractivity contribution in [1.82, 2.24) is 5.32 Å². The van der Waals surface area contributed by atoms with Gasteiger partial charge in [0.2, 0.25) is 0 Å². The van der Waals surface area contributed by atoms with E-state index in [4.69, 9.17) is 4.74 Å². The van der Waals surface area contributed by atoms with Gasteiger partial charge >= 0.3 is 0 Å². The third-order valence-electron chi connectivity index (χ3n) is 4.08. The minimum Gasteiger partial charge on any atom is -0.378 e. The lowest BCUT2D eigenvalue weighted by atomic mass is 9.77. The maximum Gasteiger partial charge on any atom is 0.123 e. The number of halogens is 1. The molecular formula is C17H26FNO. The van der Waals surface area contributed by atoms with Gasteiger partial charge in [-0.3, -0.25) is 0 Å². The standard InChI is InChI=1S/C17H26FNO/c1-4-19-17(10-13-8-16(9-13)20-5-2)14-6-12(3)7-15(18)11-14/h6-7,11,13,16-17,19H,4-5,8-10H2,1-3H3. The van der Waals surface area contributed by atoms with Gasteiger partial charge in [-0.2, -0.15) is 0 Å². The first-order valence-corrected chi connectivity index (χ1v) is 7.74. The second-order valence-corrected chi connectivity index (χ2v) is 5.82.